The fraction of sp³-hybridized carbons (Fsp3) is 0.350. The Morgan fingerprint density at radius 1 is 1.11 bits per heavy atom. The zero-order valence-corrected chi connectivity index (χ0v) is 15.2. The lowest BCUT2D eigenvalue weighted by Gasteiger charge is -2.27. The van der Waals surface area contributed by atoms with Crippen LogP contribution in [0.4, 0.5) is 9.18 Å². The number of esters is 1. The first-order chi connectivity index (χ1) is 13.5. The first-order valence-electron chi connectivity index (χ1n) is 9.03. The van der Waals surface area contributed by atoms with Gasteiger partial charge in [-0.15, -0.1) is 0 Å². The van der Waals surface area contributed by atoms with Crippen molar-refractivity contribution in [2.45, 2.75) is 37.6 Å². The maximum atomic E-state index is 13.2. The summed E-state index contributed by atoms with van der Waals surface area (Å²) in [5.41, 5.74) is -0.205. The SMILES string of the molecule is O=C(COC(=O)C1(c2ccc(F)cc2)CCCC1)NC(=O)NCc1ccco1. The zero-order chi connectivity index (χ0) is 20.0. The Kier molecular flexibility index (Phi) is 6.08. The minimum Gasteiger partial charge on any atom is -0.467 e. The molecule has 0 unspecified atom stereocenters. The van der Waals surface area contributed by atoms with Gasteiger partial charge in [-0.25, -0.2) is 9.18 Å². The molecule has 0 radical (unpaired) electrons. The number of furan rings is 1. The maximum absolute atomic E-state index is 13.2. The van der Waals surface area contributed by atoms with Crippen LogP contribution in [-0.4, -0.2) is 24.5 Å². The molecular weight excluding hydrogens is 367 g/mol. The summed E-state index contributed by atoms with van der Waals surface area (Å²) in [6.45, 7) is -0.449. The Labute approximate surface area is 161 Å². The Morgan fingerprint density at radius 2 is 1.82 bits per heavy atom. The van der Waals surface area contributed by atoms with E-state index in [9.17, 15) is 18.8 Å². The lowest BCUT2D eigenvalue weighted by Crippen LogP contribution is -2.42. The second kappa shape index (κ2) is 8.69. The molecule has 1 aliphatic carbocycles. The molecule has 1 aliphatic rings. The Bertz CT molecular complexity index is 827. The molecule has 8 heteroatoms. The topological polar surface area (TPSA) is 97.6 Å². The van der Waals surface area contributed by atoms with Crippen molar-refractivity contribution < 1.29 is 27.9 Å². The highest BCUT2D eigenvalue weighted by Crippen LogP contribution is 2.42. The van der Waals surface area contributed by atoms with Gasteiger partial charge in [-0.3, -0.25) is 14.9 Å². The number of imide groups is 1. The van der Waals surface area contributed by atoms with E-state index < -0.39 is 29.9 Å². The van der Waals surface area contributed by atoms with Gasteiger partial charge in [0, 0.05) is 0 Å². The van der Waals surface area contributed by atoms with E-state index in [2.05, 4.69) is 10.6 Å². The zero-order valence-electron chi connectivity index (χ0n) is 15.2. The number of carbonyl (C=O) groups is 3. The number of ether oxygens (including phenoxy) is 1. The van der Waals surface area contributed by atoms with Gasteiger partial charge in [0.2, 0.25) is 0 Å². The molecule has 0 aliphatic heterocycles. The number of amides is 3. The number of nitrogens with one attached hydrogen (secondary N) is 2. The van der Waals surface area contributed by atoms with Crippen LogP contribution in [0.25, 0.3) is 0 Å². The molecule has 1 saturated carbocycles. The van der Waals surface area contributed by atoms with Gasteiger partial charge in [-0.1, -0.05) is 25.0 Å². The van der Waals surface area contributed by atoms with Crippen LogP contribution in [0.3, 0.4) is 0 Å². The van der Waals surface area contributed by atoms with Crippen molar-refractivity contribution in [3.63, 3.8) is 0 Å². The second-order valence-corrected chi connectivity index (χ2v) is 6.68. The van der Waals surface area contributed by atoms with Crippen LogP contribution < -0.4 is 10.6 Å². The minimum atomic E-state index is -0.879. The minimum absolute atomic E-state index is 0.125. The third kappa shape index (κ3) is 4.57. The summed E-state index contributed by atoms with van der Waals surface area (Å²) < 4.78 is 23.5. The molecule has 0 bridgehead atoms. The van der Waals surface area contributed by atoms with E-state index in [1.807, 2.05) is 0 Å². The van der Waals surface area contributed by atoms with Crippen LogP contribution >= 0.6 is 0 Å². The number of benzene rings is 1. The van der Waals surface area contributed by atoms with Gasteiger partial charge in [0.1, 0.15) is 11.6 Å². The van der Waals surface area contributed by atoms with Crippen LogP contribution in [0, 0.1) is 5.82 Å². The molecule has 0 spiro atoms. The number of carbonyl (C=O) groups excluding carboxylic acids is 3. The van der Waals surface area contributed by atoms with Crippen LogP contribution in [0.5, 0.6) is 0 Å². The van der Waals surface area contributed by atoms with E-state index in [1.165, 1.54) is 18.4 Å². The summed E-state index contributed by atoms with van der Waals surface area (Å²) in [6.07, 6.45) is 4.30. The number of rotatable bonds is 6. The van der Waals surface area contributed by atoms with E-state index in [0.29, 0.717) is 24.2 Å². The van der Waals surface area contributed by atoms with Crippen molar-refractivity contribution in [3.8, 4) is 0 Å². The van der Waals surface area contributed by atoms with Gasteiger partial charge in [0.15, 0.2) is 6.61 Å². The fourth-order valence-corrected chi connectivity index (χ4v) is 3.41. The van der Waals surface area contributed by atoms with Crippen molar-refractivity contribution in [3.05, 3.63) is 59.8 Å². The molecule has 7 nitrogen and oxygen atoms in total. The summed E-state index contributed by atoms with van der Waals surface area (Å²) in [5.74, 6) is -1.12. The molecule has 3 amide bonds. The van der Waals surface area contributed by atoms with Crippen molar-refractivity contribution in [2.75, 3.05) is 6.61 Å². The molecule has 148 valence electrons. The predicted molar refractivity (Wildman–Crippen MR) is 96.6 cm³/mol. The number of urea groups is 1. The lowest BCUT2D eigenvalue weighted by atomic mass is 9.79. The largest absolute Gasteiger partial charge is 0.467 e. The van der Waals surface area contributed by atoms with Crippen molar-refractivity contribution in [2.24, 2.45) is 0 Å². The van der Waals surface area contributed by atoms with Crippen LogP contribution in [-0.2, 0) is 26.3 Å². The summed E-state index contributed by atoms with van der Waals surface area (Å²) in [6, 6.07) is 8.40. The monoisotopic (exact) mass is 388 g/mol. The van der Waals surface area contributed by atoms with Crippen LogP contribution in [0.2, 0.25) is 0 Å². The molecule has 28 heavy (non-hydrogen) atoms. The average molecular weight is 388 g/mol. The first-order valence-corrected chi connectivity index (χ1v) is 9.03. The molecule has 1 aromatic heterocycles. The van der Waals surface area contributed by atoms with Gasteiger partial charge in [-0.2, -0.15) is 0 Å². The molecule has 2 N–H and O–H groups in total. The number of halogens is 1. The molecule has 1 heterocycles. The van der Waals surface area contributed by atoms with Gasteiger partial charge in [0.25, 0.3) is 5.91 Å². The first kappa shape index (κ1) is 19.6. The van der Waals surface area contributed by atoms with Gasteiger partial charge >= 0.3 is 12.0 Å². The summed E-state index contributed by atoms with van der Waals surface area (Å²) in [7, 11) is 0. The van der Waals surface area contributed by atoms with E-state index >= 15 is 0 Å². The molecule has 1 aromatic carbocycles. The van der Waals surface area contributed by atoms with Crippen molar-refractivity contribution in [1.82, 2.24) is 10.6 Å². The van der Waals surface area contributed by atoms with E-state index in [0.717, 1.165) is 12.8 Å². The fourth-order valence-electron chi connectivity index (χ4n) is 3.41. The Balaban J connectivity index is 1.52. The highest BCUT2D eigenvalue weighted by atomic mass is 19.1. The highest BCUT2D eigenvalue weighted by Gasteiger charge is 2.44. The normalized spacial score (nSPS) is 15.0. The van der Waals surface area contributed by atoms with E-state index in [4.69, 9.17) is 9.15 Å². The second-order valence-electron chi connectivity index (χ2n) is 6.68. The van der Waals surface area contributed by atoms with Crippen LogP contribution in [0.15, 0.2) is 47.1 Å². The number of hydrogen-bond donors (Lipinski definition) is 2. The standard InChI is InChI=1S/C20H21FN2O5/c21-15-7-5-14(6-8-15)20(9-1-2-10-20)18(25)28-13-17(24)23-19(26)22-12-16-4-3-11-27-16/h3-8,11H,1-2,9-10,12-13H2,(H2,22,23,24,26). The average Bonchev–Trinajstić information content (AvgIpc) is 3.37. The number of hydrogen-bond acceptors (Lipinski definition) is 5. The highest BCUT2D eigenvalue weighted by molar-refractivity contribution is 5.96. The Hall–Kier alpha value is -3.16. The smallest absolute Gasteiger partial charge is 0.321 e. The summed E-state index contributed by atoms with van der Waals surface area (Å²) >= 11 is 0. The predicted octanol–water partition coefficient (Wildman–Crippen LogP) is 2.80. The quantitative estimate of drug-likeness (QED) is 0.742. The third-order valence-corrected chi connectivity index (χ3v) is 4.84. The lowest BCUT2D eigenvalue weighted by molar-refractivity contribution is -0.154. The van der Waals surface area contributed by atoms with E-state index in [1.54, 1.807) is 24.3 Å². The molecule has 1 fully saturated rings. The molecular formula is C20H21FN2O5. The van der Waals surface area contributed by atoms with Crippen molar-refractivity contribution >= 4 is 17.9 Å². The van der Waals surface area contributed by atoms with E-state index in [-0.39, 0.29) is 12.4 Å². The summed E-state index contributed by atoms with van der Waals surface area (Å²) in [4.78, 5) is 36.3. The summed E-state index contributed by atoms with van der Waals surface area (Å²) in [5, 5.41) is 4.55. The molecule has 2 aromatic rings. The van der Waals surface area contributed by atoms with Gasteiger partial charge in [-0.05, 0) is 42.7 Å². The van der Waals surface area contributed by atoms with Gasteiger partial charge < -0.3 is 14.5 Å². The molecule has 0 saturated heterocycles. The van der Waals surface area contributed by atoms with Gasteiger partial charge in [0.05, 0.1) is 18.2 Å². The third-order valence-electron chi connectivity index (χ3n) is 4.84. The Morgan fingerprint density at radius 3 is 2.46 bits per heavy atom. The van der Waals surface area contributed by atoms with Crippen LogP contribution in [0.1, 0.15) is 37.0 Å². The maximum Gasteiger partial charge on any atom is 0.321 e. The van der Waals surface area contributed by atoms with Crippen molar-refractivity contribution in [1.29, 1.82) is 0 Å². The molecule has 3 rings (SSSR count). The molecule has 0 atom stereocenters.